The number of benzene rings is 2. The van der Waals surface area contributed by atoms with Crippen molar-refractivity contribution in [2.75, 3.05) is 0 Å². The van der Waals surface area contributed by atoms with E-state index in [1.54, 1.807) is 0 Å². The fourth-order valence-electron chi connectivity index (χ4n) is 3.13. The molecule has 136 valence electrons. The number of nitrogens with one attached hydrogen (secondary N) is 1. The number of hydrogen-bond donors (Lipinski definition) is 1. The van der Waals surface area contributed by atoms with Gasteiger partial charge in [0.15, 0.2) is 0 Å². The Bertz CT molecular complexity index is 654. The summed E-state index contributed by atoms with van der Waals surface area (Å²) in [5.74, 6) is 0.887. The van der Waals surface area contributed by atoms with Crippen molar-refractivity contribution < 1.29 is 4.74 Å². The second-order valence-electron chi connectivity index (χ2n) is 6.38. The molecule has 1 aliphatic carbocycles. The van der Waals surface area contributed by atoms with Gasteiger partial charge in [-0.1, -0.05) is 54.6 Å². The van der Waals surface area contributed by atoms with Gasteiger partial charge in [0.1, 0.15) is 12.4 Å². The van der Waals surface area contributed by atoms with Gasteiger partial charge < -0.3 is 10.1 Å². The van der Waals surface area contributed by atoms with Crippen LogP contribution in [0.1, 0.15) is 43.2 Å². The topological polar surface area (TPSA) is 21.3 Å². The molecule has 5 heteroatoms. The Morgan fingerprint density at radius 2 is 1.60 bits per heavy atom. The van der Waals surface area contributed by atoms with E-state index in [-0.39, 0.29) is 12.4 Å². The quantitative estimate of drug-likeness (QED) is 0.604. The zero-order valence-corrected chi connectivity index (χ0v) is 16.5. The number of rotatable bonds is 6. The summed E-state index contributed by atoms with van der Waals surface area (Å²) in [4.78, 5) is 0. The molecular formula is C20H24Cl3NO. The molecule has 3 rings (SSSR count). The smallest absolute Gasteiger partial charge is 0.124 e. The van der Waals surface area contributed by atoms with Gasteiger partial charge in [-0.25, -0.2) is 0 Å². The van der Waals surface area contributed by atoms with Crippen LogP contribution in [-0.2, 0) is 13.2 Å². The van der Waals surface area contributed by atoms with Gasteiger partial charge in [0, 0.05) is 28.2 Å². The van der Waals surface area contributed by atoms with Gasteiger partial charge in [0.05, 0.1) is 0 Å². The van der Waals surface area contributed by atoms with Gasteiger partial charge in [-0.2, -0.15) is 0 Å². The highest BCUT2D eigenvalue weighted by Gasteiger charge is 2.14. The zero-order valence-electron chi connectivity index (χ0n) is 14.1. The SMILES string of the molecule is Cl.Clc1ccc(COc2ccc(Cl)cc2CNC2CCCCC2)cc1. The van der Waals surface area contributed by atoms with Gasteiger partial charge in [-0.15, -0.1) is 12.4 Å². The minimum Gasteiger partial charge on any atom is -0.489 e. The van der Waals surface area contributed by atoms with Crippen LogP contribution in [0.5, 0.6) is 5.75 Å². The molecule has 1 saturated carbocycles. The van der Waals surface area contributed by atoms with Gasteiger partial charge in [0.25, 0.3) is 0 Å². The molecule has 1 N–H and O–H groups in total. The average Bonchev–Trinajstić information content (AvgIpc) is 2.61. The molecule has 0 heterocycles. The molecule has 0 bridgehead atoms. The van der Waals surface area contributed by atoms with E-state index in [0.29, 0.717) is 12.6 Å². The lowest BCUT2D eigenvalue weighted by atomic mass is 9.95. The first-order valence-corrected chi connectivity index (χ1v) is 9.35. The molecule has 2 aromatic carbocycles. The third-order valence-electron chi connectivity index (χ3n) is 4.52. The molecule has 2 nitrogen and oxygen atoms in total. The van der Waals surface area contributed by atoms with Crippen LogP contribution >= 0.6 is 35.6 Å². The highest BCUT2D eigenvalue weighted by atomic mass is 35.5. The Hall–Kier alpha value is -0.930. The highest BCUT2D eigenvalue weighted by Crippen LogP contribution is 2.25. The van der Waals surface area contributed by atoms with Crippen LogP contribution in [0, 0.1) is 0 Å². The fourth-order valence-corrected chi connectivity index (χ4v) is 3.45. The zero-order chi connectivity index (χ0) is 16.8. The van der Waals surface area contributed by atoms with E-state index in [9.17, 15) is 0 Å². The fraction of sp³-hybridized carbons (Fsp3) is 0.400. The average molecular weight is 401 g/mol. The second kappa shape index (κ2) is 10.3. The lowest BCUT2D eigenvalue weighted by Crippen LogP contribution is -2.30. The van der Waals surface area contributed by atoms with Gasteiger partial charge in [-0.3, -0.25) is 0 Å². The van der Waals surface area contributed by atoms with Crippen molar-refractivity contribution in [3.63, 3.8) is 0 Å². The van der Waals surface area contributed by atoms with Gasteiger partial charge in [0.2, 0.25) is 0 Å². The van der Waals surface area contributed by atoms with Crippen molar-refractivity contribution in [3.05, 3.63) is 63.6 Å². The van der Waals surface area contributed by atoms with E-state index in [2.05, 4.69) is 5.32 Å². The summed E-state index contributed by atoms with van der Waals surface area (Å²) < 4.78 is 6.02. The molecule has 0 atom stereocenters. The summed E-state index contributed by atoms with van der Waals surface area (Å²) >= 11 is 12.1. The molecule has 1 aliphatic rings. The maximum Gasteiger partial charge on any atom is 0.124 e. The summed E-state index contributed by atoms with van der Waals surface area (Å²) in [7, 11) is 0. The minimum atomic E-state index is 0. The monoisotopic (exact) mass is 399 g/mol. The summed E-state index contributed by atoms with van der Waals surface area (Å²) in [5, 5.41) is 5.14. The maximum absolute atomic E-state index is 6.17. The lowest BCUT2D eigenvalue weighted by molar-refractivity contribution is 0.300. The normalized spacial score (nSPS) is 14.8. The van der Waals surface area contributed by atoms with Crippen molar-refractivity contribution in [3.8, 4) is 5.75 Å². The summed E-state index contributed by atoms with van der Waals surface area (Å²) in [6.07, 6.45) is 6.55. The van der Waals surface area contributed by atoms with Gasteiger partial charge >= 0.3 is 0 Å². The van der Waals surface area contributed by atoms with Crippen LogP contribution in [0.2, 0.25) is 10.0 Å². The Morgan fingerprint density at radius 3 is 2.32 bits per heavy atom. The molecule has 0 spiro atoms. The molecule has 0 amide bonds. The van der Waals surface area contributed by atoms with Crippen LogP contribution in [0.25, 0.3) is 0 Å². The molecular weight excluding hydrogens is 377 g/mol. The molecule has 0 unspecified atom stereocenters. The standard InChI is InChI=1S/C20H23Cl2NO.ClH/c21-17-8-6-15(7-9-17)14-24-20-11-10-18(22)12-16(20)13-23-19-4-2-1-3-5-19;/h6-12,19,23H,1-5,13-14H2;1H. The largest absolute Gasteiger partial charge is 0.489 e. The van der Waals surface area contributed by atoms with E-state index >= 15 is 0 Å². The Labute approximate surface area is 166 Å². The van der Waals surface area contributed by atoms with Crippen LogP contribution < -0.4 is 10.1 Å². The predicted molar refractivity (Wildman–Crippen MR) is 108 cm³/mol. The van der Waals surface area contributed by atoms with Crippen molar-refractivity contribution >= 4 is 35.6 Å². The second-order valence-corrected chi connectivity index (χ2v) is 7.26. The Balaban J connectivity index is 0.00000225. The first-order valence-electron chi connectivity index (χ1n) is 8.60. The van der Waals surface area contributed by atoms with E-state index in [0.717, 1.165) is 33.5 Å². The summed E-state index contributed by atoms with van der Waals surface area (Å²) in [5.41, 5.74) is 2.21. The molecule has 1 fully saturated rings. The third-order valence-corrected chi connectivity index (χ3v) is 5.00. The van der Waals surface area contributed by atoms with Crippen molar-refractivity contribution in [2.45, 2.75) is 51.3 Å². The minimum absolute atomic E-state index is 0. The van der Waals surface area contributed by atoms with Crippen LogP contribution in [0.3, 0.4) is 0 Å². The van der Waals surface area contributed by atoms with E-state index in [4.69, 9.17) is 27.9 Å². The predicted octanol–water partition coefficient (Wildman–Crippen LogP) is 6.42. The van der Waals surface area contributed by atoms with Crippen molar-refractivity contribution in [1.29, 1.82) is 0 Å². The van der Waals surface area contributed by atoms with Gasteiger partial charge in [-0.05, 0) is 48.7 Å². The van der Waals surface area contributed by atoms with E-state index in [1.807, 2.05) is 42.5 Å². The molecule has 25 heavy (non-hydrogen) atoms. The molecule has 2 aromatic rings. The summed E-state index contributed by atoms with van der Waals surface area (Å²) in [6.45, 7) is 1.32. The maximum atomic E-state index is 6.17. The first-order chi connectivity index (χ1) is 11.7. The lowest BCUT2D eigenvalue weighted by Gasteiger charge is -2.23. The molecule has 0 radical (unpaired) electrons. The highest BCUT2D eigenvalue weighted by molar-refractivity contribution is 6.30. The number of ether oxygens (including phenoxy) is 1. The Morgan fingerprint density at radius 1 is 0.920 bits per heavy atom. The summed E-state index contributed by atoms with van der Waals surface area (Å²) in [6, 6.07) is 14.2. The molecule has 0 aliphatic heterocycles. The number of halogens is 3. The molecule has 0 aromatic heterocycles. The Kier molecular flexibility index (Phi) is 8.38. The van der Waals surface area contributed by atoms with Crippen LogP contribution in [0.15, 0.2) is 42.5 Å². The number of hydrogen-bond acceptors (Lipinski definition) is 2. The van der Waals surface area contributed by atoms with Crippen LogP contribution in [-0.4, -0.2) is 6.04 Å². The third kappa shape index (κ3) is 6.38. The first kappa shape index (κ1) is 20.4. The van der Waals surface area contributed by atoms with E-state index < -0.39 is 0 Å². The van der Waals surface area contributed by atoms with E-state index in [1.165, 1.54) is 32.1 Å². The van der Waals surface area contributed by atoms with Crippen LogP contribution in [0.4, 0.5) is 0 Å². The van der Waals surface area contributed by atoms with Crippen molar-refractivity contribution in [2.24, 2.45) is 0 Å². The molecule has 0 saturated heterocycles. The van der Waals surface area contributed by atoms with Crippen molar-refractivity contribution in [1.82, 2.24) is 5.32 Å².